The van der Waals surface area contributed by atoms with Crippen molar-refractivity contribution in [3.8, 4) is 5.88 Å². The first-order valence-corrected chi connectivity index (χ1v) is 5.28. The first-order valence-electron chi connectivity index (χ1n) is 5.28. The lowest BCUT2D eigenvalue weighted by atomic mass is 10.1. The van der Waals surface area contributed by atoms with E-state index in [9.17, 15) is 0 Å². The molecule has 3 N–H and O–H groups in total. The van der Waals surface area contributed by atoms with Crippen LogP contribution in [0.3, 0.4) is 0 Å². The molecule has 6 nitrogen and oxygen atoms in total. The second kappa shape index (κ2) is 4.98. The van der Waals surface area contributed by atoms with E-state index in [-0.39, 0.29) is 5.95 Å². The average molecular weight is 224 g/mol. The molecular formula is C10H16N4O2. The van der Waals surface area contributed by atoms with Crippen molar-refractivity contribution in [3.63, 3.8) is 0 Å². The number of hydrogen-bond donors (Lipinski definition) is 2. The molecule has 0 radical (unpaired) electrons. The van der Waals surface area contributed by atoms with E-state index in [1.54, 1.807) is 13.2 Å². The first kappa shape index (κ1) is 10.9. The Kier molecular flexibility index (Phi) is 3.40. The van der Waals surface area contributed by atoms with Crippen molar-refractivity contribution in [3.05, 3.63) is 6.07 Å². The van der Waals surface area contributed by atoms with Crippen LogP contribution in [0.2, 0.25) is 0 Å². The second-order valence-corrected chi connectivity index (χ2v) is 3.76. The summed E-state index contributed by atoms with van der Waals surface area (Å²) in [5, 5.41) is 3.21. The molecule has 0 aromatic carbocycles. The van der Waals surface area contributed by atoms with Gasteiger partial charge in [-0.15, -0.1) is 0 Å². The Hall–Kier alpha value is -1.56. The van der Waals surface area contributed by atoms with Crippen molar-refractivity contribution in [1.29, 1.82) is 0 Å². The van der Waals surface area contributed by atoms with Crippen LogP contribution in [0, 0.1) is 5.92 Å². The topological polar surface area (TPSA) is 82.3 Å². The van der Waals surface area contributed by atoms with Crippen molar-refractivity contribution >= 4 is 11.8 Å². The van der Waals surface area contributed by atoms with E-state index in [0.29, 0.717) is 17.6 Å². The second-order valence-electron chi connectivity index (χ2n) is 3.76. The number of aromatic nitrogens is 2. The highest BCUT2D eigenvalue weighted by molar-refractivity contribution is 5.42. The fourth-order valence-corrected chi connectivity index (χ4v) is 1.63. The van der Waals surface area contributed by atoms with Crippen LogP contribution in [0.25, 0.3) is 0 Å². The molecular weight excluding hydrogens is 208 g/mol. The third-order valence-corrected chi connectivity index (χ3v) is 2.52. The minimum Gasteiger partial charge on any atom is -0.481 e. The van der Waals surface area contributed by atoms with Gasteiger partial charge in [-0.3, -0.25) is 0 Å². The molecule has 1 fully saturated rings. The SMILES string of the molecule is COc1cc(NCC2CCOC2)nc(N)n1. The van der Waals surface area contributed by atoms with Crippen LogP contribution in [0.4, 0.5) is 11.8 Å². The smallest absolute Gasteiger partial charge is 0.225 e. The minimum atomic E-state index is 0.213. The Labute approximate surface area is 94.2 Å². The van der Waals surface area contributed by atoms with Gasteiger partial charge in [-0.2, -0.15) is 9.97 Å². The van der Waals surface area contributed by atoms with Crippen LogP contribution in [0.15, 0.2) is 6.07 Å². The number of ether oxygens (including phenoxy) is 2. The molecule has 6 heteroatoms. The van der Waals surface area contributed by atoms with Crippen molar-refractivity contribution in [1.82, 2.24) is 9.97 Å². The highest BCUT2D eigenvalue weighted by Crippen LogP contribution is 2.16. The summed E-state index contributed by atoms with van der Waals surface area (Å²) in [6, 6.07) is 1.73. The van der Waals surface area contributed by atoms with Crippen molar-refractivity contribution in [2.24, 2.45) is 5.92 Å². The van der Waals surface area contributed by atoms with Gasteiger partial charge < -0.3 is 20.5 Å². The van der Waals surface area contributed by atoms with E-state index in [4.69, 9.17) is 15.2 Å². The summed E-state index contributed by atoms with van der Waals surface area (Å²) >= 11 is 0. The maximum atomic E-state index is 5.55. The number of rotatable bonds is 4. The van der Waals surface area contributed by atoms with Crippen LogP contribution in [-0.4, -0.2) is 36.8 Å². The summed E-state index contributed by atoms with van der Waals surface area (Å²) in [5.41, 5.74) is 5.55. The normalized spacial score (nSPS) is 19.7. The van der Waals surface area contributed by atoms with Gasteiger partial charge in [0.05, 0.1) is 13.7 Å². The summed E-state index contributed by atoms with van der Waals surface area (Å²) in [7, 11) is 1.55. The maximum Gasteiger partial charge on any atom is 0.225 e. The number of nitrogens with zero attached hydrogens (tertiary/aromatic N) is 2. The molecule has 1 atom stereocenters. The Bertz CT molecular complexity index is 353. The molecule has 2 heterocycles. The zero-order valence-electron chi connectivity index (χ0n) is 9.27. The van der Waals surface area contributed by atoms with E-state index >= 15 is 0 Å². The fourth-order valence-electron chi connectivity index (χ4n) is 1.63. The predicted octanol–water partition coefficient (Wildman–Crippen LogP) is 0.516. The van der Waals surface area contributed by atoms with Gasteiger partial charge in [0.1, 0.15) is 5.82 Å². The molecule has 16 heavy (non-hydrogen) atoms. The van der Waals surface area contributed by atoms with Crippen LogP contribution in [-0.2, 0) is 4.74 Å². The Morgan fingerprint density at radius 2 is 2.50 bits per heavy atom. The number of methoxy groups -OCH3 is 1. The van der Waals surface area contributed by atoms with Crippen LogP contribution < -0.4 is 15.8 Å². The summed E-state index contributed by atoms with van der Waals surface area (Å²) in [4.78, 5) is 7.99. The molecule has 0 amide bonds. The number of nitrogens with two attached hydrogens (primary N) is 1. The third-order valence-electron chi connectivity index (χ3n) is 2.52. The number of nitrogen functional groups attached to an aromatic ring is 1. The van der Waals surface area contributed by atoms with Crippen molar-refractivity contribution < 1.29 is 9.47 Å². The largest absolute Gasteiger partial charge is 0.481 e. The number of anilines is 2. The van der Waals surface area contributed by atoms with Crippen LogP contribution in [0.5, 0.6) is 5.88 Å². The van der Waals surface area contributed by atoms with Gasteiger partial charge in [-0.05, 0) is 6.42 Å². The zero-order chi connectivity index (χ0) is 11.4. The fraction of sp³-hybridized carbons (Fsp3) is 0.600. The highest BCUT2D eigenvalue weighted by Gasteiger charge is 2.15. The quantitative estimate of drug-likeness (QED) is 0.775. The summed E-state index contributed by atoms with van der Waals surface area (Å²) in [5.74, 6) is 1.92. The van der Waals surface area contributed by atoms with Crippen molar-refractivity contribution in [2.45, 2.75) is 6.42 Å². The minimum absolute atomic E-state index is 0.213. The van der Waals surface area contributed by atoms with E-state index in [2.05, 4.69) is 15.3 Å². The standard InChI is InChI=1S/C10H16N4O2/c1-15-9-4-8(13-10(11)14-9)12-5-7-2-3-16-6-7/h4,7H,2-3,5-6H2,1H3,(H3,11,12,13,14). The first-order chi connectivity index (χ1) is 7.78. The van der Waals surface area contributed by atoms with Gasteiger partial charge in [0.15, 0.2) is 0 Å². The summed E-state index contributed by atoms with van der Waals surface area (Å²) in [6.07, 6.45) is 1.09. The van der Waals surface area contributed by atoms with Gasteiger partial charge in [-0.25, -0.2) is 0 Å². The molecule has 2 rings (SSSR count). The monoisotopic (exact) mass is 224 g/mol. The molecule has 88 valence electrons. The van der Waals surface area contributed by atoms with Crippen LogP contribution in [0.1, 0.15) is 6.42 Å². The maximum absolute atomic E-state index is 5.55. The van der Waals surface area contributed by atoms with E-state index in [1.165, 1.54) is 0 Å². The summed E-state index contributed by atoms with van der Waals surface area (Å²) < 4.78 is 10.3. The summed E-state index contributed by atoms with van der Waals surface area (Å²) in [6.45, 7) is 2.49. The zero-order valence-corrected chi connectivity index (χ0v) is 9.27. The molecule has 0 saturated carbocycles. The predicted molar refractivity (Wildman–Crippen MR) is 60.4 cm³/mol. The Balaban J connectivity index is 1.94. The van der Waals surface area contributed by atoms with Gasteiger partial charge in [0, 0.05) is 25.1 Å². The lowest BCUT2D eigenvalue weighted by molar-refractivity contribution is 0.187. The molecule has 1 aliphatic heterocycles. The highest BCUT2D eigenvalue weighted by atomic mass is 16.5. The van der Waals surface area contributed by atoms with Crippen LogP contribution >= 0.6 is 0 Å². The van der Waals surface area contributed by atoms with Gasteiger partial charge in [0.2, 0.25) is 11.8 Å². The third kappa shape index (κ3) is 2.73. The molecule has 1 aromatic heterocycles. The van der Waals surface area contributed by atoms with E-state index in [1.807, 2.05) is 0 Å². The van der Waals surface area contributed by atoms with Gasteiger partial charge in [0.25, 0.3) is 0 Å². The Morgan fingerprint density at radius 3 is 3.19 bits per heavy atom. The molecule has 0 bridgehead atoms. The number of hydrogen-bond acceptors (Lipinski definition) is 6. The number of nitrogens with one attached hydrogen (secondary N) is 1. The van der Waals surface area contributed by atoms with Gasteiger partial charge >= 0.3 is 0 Å². The molecule has 1 unspecified atom stereocenters. The van der Waals surface area contributed by atoms with Crippen molar-refractivity contribution in [2.75, 3.05) is 37.9 Å². The van der Waals surface area contributed by atoms with Gasteiger partial charge in [-0.1, -0.05) is 0 Å². The Morgan fingerprint density at radius 1 is 1.62 bits per heavy atom. The average Bonchev–Trinajstić information content (AvgIpc) is 2.78. The molecule has 1 saturated heterocycles. The van der Waals surface area contributed by atoms with E-state index < -0.39 is 0 Å². The lowest BCUT2D eigenvalue weighted by Crippen LogP contribution is -2.15. The lowest BCUT2D eigenvalue weighted by Gasteiger charge is -2.10. The molecule has 0 spiro atoms. The van der Waals surface area contributed by atoms with E-state index in [0.717, 1.165) is 26.2 Å². The molecule has 1 aromatic rings. The molecule has 1 aliphatic rings. The molecule has 0 aliphatic carbocycles.